The number of fused-ring (bicyclic) bond motifs is 3. The molecule has 0 aromatic rings. The number of carbonyl (C=O) groups excluding carboxylic acids is 1. The van der Waals surface area contributed by atoms with E-state index in [0.717, 1.165) is 6.42 Å². The highest BCUT2D eigenvalue weighted by molar-refractivity contribution is 5.90. The fraction of sp³-hybridized carbons (Fsp3) is 0.786. The van der Waals surface area contributed by atoms with Gasteiger partial charge in [-0.3, -0.25) is 4.79 Å². The van der Waals surface area contributed by atoms with Crippen LogP contribution in [0.5, 0.6) is 0 Å². The summed E-state index contributed by atoms with van der Waals surface area (Å²) < 4.78 is 11.8. The maximum Gasteiger partial charge on any atom is 0.181 e. The van der Waals surface area contributed by atoms with Crippen molar-refractivity contribution in [1.82, 2.24) is 0 Å². The van der Waals surface area contributed by atoms with Gasteiger partial charge in [-0.15, -0.1) is 0 Å². The summed E-state index contributed by atoms with van der Waals surface area (Å²) in [6.45, 7) is 5.50. The van der Waals surface area contributed by atoms with E-state index in [-0.39, 0.29) is 17.3 Å². The SMILES string of the molecule is CC1(C)C[C@H]2[C@@H](C1=O)[C@H]1C=C[C@@H]2C12OCCO2. The quantitative estimate of drug-likeness (QED) is 0.599. The smallest absolute Gasteiger partial charge is 0.181 e. The van der Waals surface area contributed by atoms with E-state index < -0.39 is 5.79 Å². The summed E-state index contributed by atoms with van der Waals surface area (Å²) in [4.78, 5) is 12.5. The van der Waals surface area contributed by atoms with Gasteiger partial charge in [0.05, 0.1) is 13.2 Å². The third-order valence-corrected chi connectivity index (χ3v) is 5.22. The molecule has 0 N–H and O–H groups in total. The van der Waals surface area contributed by atoms with Crippen LogP contribution in [0.3, 0.4) is 0 Å². The summed E-state index contributed by atoms with van der Waals surface area (Å²) in [6.07, 6.45) is 5.37. The Morgan fingerprint density at radius 2 is 1.82 bits per heavy atom. The fourth-order valence-corrected chi connectivity index (χ4v) is 4.61. The first kappa shape index (κ1) is 10.3. The molecule has 3 aliphatic carbocycles. The molecular weight excluding hydrogens is 216 g/mol. The standard InChI is InChI=1S/C14H18O3/c1-13(2)7-8-9-3-4-10(11(8)12(13)15)14(9)16-5-6-17-14/h3-4,8-11H,5-7H2,1-2H3/t8-,9+,10-,11-/m1/s1. The molecule has 1 aliphatic heterocycles. The number of rotatable bonds is 0. The number of Topliss-reactive ketones (excluding diaryl/α,β-unsaturated/α-hetero) is 1. The van der Waals surface area contributed by atoms with E-state index in [4.69, 9.17) is 9.47 Å². The zero-order valence-electron chi connectivity index (χ0n) is 10.3. The first-order chi connectivity index (χ1) is 8.06. The van der Waals surface area contributed by atoms with Gasteiger partial charge in [0.1, 0.15) is 5.78 Å². The van der Waals surface area contributed by atoms with Crippen molar-refractivity contribution in [2.24, 2.45) is 29.1 Å². The molecule has 0 aromatic heterocycles. The van der Waals surface area contributed by atoms with Crippen LogP contribution >= 0.6 is 0 Å². The second kappa shape index (κ2) is 2.83. The number of hydrogen-bond donors (Lipinski definition) is 0. The normalized spacial score (nSPS) is 48.2. The fourth-order valence-electron chi connectivity index (χ4n) is 4.61. The summed E-state index contributed by atoms with van der Waals surface area (Å²) in [5, 5.41) is 0. The van der Waals surface area contributed by atoms with Crippen molar-refractivity contribution in [1.29, 1.82) is 0 Å². The van der Waals surface area contributed by atoms with E-state index in [0.29, 0.717) is 30.8 Å². The van der Waals surface area contributed by atoms with Gasteiger partial charge >= 0.3 is 0 Å². The molecule has 3 nitrogen and oxygen atoms in total. The molecule has 0 unspecified atom stereocenters. The highest BCUT2D eigenvalue weighted by Crippen LogP contribution is 2.65. The minimum atomic E-state index is -0.471. The second-order valence-electron chi connectivity index (χ2n) is 6.50. The van der Waals surface area contributed by atoms with Crippen LogP contribution in [0.1, 0.15) is 20.3 Å². The van der Waals surface area contributed by atoms with Crippen molar-refractivity contribution < 1.29 is 14.3 Å². The number of ether oxygens (including phenoxy) is 2. The zero-order chi connectivity index (χ0) is 11.8. The average molecular weight is 234 g/mol. The van der Waals surface area contributed by atoms with Gasteiger partial charge in [-0.25, -0.2) is 0 Å². The van der Waals surface area contributed by atoms with Gasteiger partial charge in [0.2, 0.25) is 0 Å². The van der Waals surface area contributed by atoms with E-state index in [1.807, 2.05) is 0 Å². The van der Waals surface area contributed by atoms with Gasteiger partial charge in [-0.1, -0.05) is 26.0 Å². The first-order valence-electron chi connectivity index (χ1n) is 6.57. The average Bonchev–Trinajstić information content (AvgIpc) is 2.98. The molecular formula is C14H18O3. The molecule has 2 bridgehead atoms. The first-order valence-corrected chi connectivity index (χ1v) is 6.57. The summed E-state index contributed by atoms with van der Waals surface area (Å²) in [5.41, 5.74) is -0.155. The monoisotopic (exact) mass is 234 g/mol. The predicted molar refractivity (Wildman–Crippen MR) is 61.1 cm³/mol. The largest absolute Gasteiger partial charge is 0.346 e. The van der Waals surface area contributed by atoms with E-state index in [9.17, 15) is 4.79 Å². The van der Waals surface area contributed by atoms with Gasteiger partial charge in [0.15, 0.2) is 5.79 Å². The lowest BCUT2D eigenvalue weighted by Crippen LogP contribution is -2.40. The van der Waals surface area contributed by atoms with Crippen LogP contribution in [0.2, 0.25) is 0 Å². The Balaban J connectivity index is 1.78. The number of carbonyl (C=O) groups is 1. The molecule has 4 atom stereocenters. The molecule has 1 spiro atoms. The van der Waals surface area contributed by atoms with E-state index >= 15 is 0 Å². The van der Waals surface area contributed by atoms with Crippen molar-refractivity contribution in [3.63, 3.8) is 0 Å². The highest BCUT2D eigenvalue weighted by Gasteiger charge is 2.70. The van der Waals surface area contributed by atoms with Crippen molar-refractivity contribution in [3.05, 3.63) is 12.2 Å². The minimum Gasteiger partial charge on any atom is -0.346 e. The molecule has 1 saturated heterocycles. The van der Waals surface area contributed by atoms with Gasteiger partial charge in [-0.05, 0) is 12.3 Å². The Morgan fingerprint density at radius 1 is 1.18 bits per heavy atom. The lowest BCUT2D eigenvalue weighted by molar-refractivity contribution is -0.191. The van der Waals surface area contributed by atoms with Crippen molar-refractivity contribution in [3.8, 4) is 0 Å². The topological polar surface area (TPSA) is 35.5 Å². The molecule has 92 valence electrons. The molecule has 0 radical (unpaired) electrons. The van der Waals surface area contributed by atoms with Crippen LogP contribution in [-0.2, 0) is 14.3 Å². The maximum atomic E-state index is 12.5. The molecule has 2 saturated carbocycles. The van der Waals surface area contributed by atoms with E-state index in [1.54, 1.807) is 0 Å². The molecule has 0 aromatic carbocycles. The van der Waals surface area contributed by atoms with E-state index in [2.05, 4.69) is 26.0 Å². The van der Waals surface area contributed by atoms with Crippen molar-refractivity contribution >= 4 is 5.78 Å². The number of ketones is 1. The van der Waals surface area contributed by atoms with E-state index in [1.165, 1.54) is 0 Å². The van der Waals surface area contributed by atoms with Crippen LogP contribution in [0, 0.1) is 29.1 Å². The Kier molecular flexibility index (Phi) is 1.71. The molecule has 4 aliphatic rings. The second-order valence-corrected chi connectivity index (χ2v) is 6.50. The van der Waals surface area contributed by atoms with Crippen molar-refractivity contribution in [2.75, 3.05) is 13.2 Å². The Labute approximate surface area is 101 Å². The summed E-state index contributed by atoms with van der Waals surface area (Å²) >= 11 is 0. The third kappa shape index (κ3) is 0.995. The van der Waals surface area contributed by atoms with Gasteiger partial charge < -0.3 is 9.47 Å². The Hall–Kier alpha value is -0.670. The molecule has 1 heterocycles. The molecule has 0 amide bonds. The van der Waals surface area contributed by atoms with Crippen molar-refractivity contribution in [2.45, 2.75) is 26.1 Å². The maximum absolute atomic E-state index is 12.5. The molecule has 4 rings (SSSR count). The zero-order valence-corrected chi connectivity index (χ0v) is 10.3. The van der Waals surface area contributed by atoms with Gasteiger partial charge in [-0.2, -0.15) is 0 Å². The van der Waals surface area contributed by atoms with Crippen LogP contribution in [0.4, 0.5) is 0 Å². The van der Waals surface area contributed by atoms with Gasteiger partial charge in [0.25, 0.3) is 0 Å². The van der Waals surface area contributed by atoms with Crippen LogP contribution in [0.15, 0.2) is 12.2 Å². The third-order valence-electron chi connectivity index (χ3n) is 5.22. The van der Waals surface area contributed by atoms with Crippen LogP contribution in [-0.4, -0.2) is 24.8 Å². The van der Waals surface area contributed by atoms with Gasteiger partial charge in [0, 0.05) is 23.2 Å². The minimum absolute atomic E-state index is 0.137. The Morgan fingerprint density at radius 3 is 2.47 bits per heavy atom. The van der Waals surface area contributed by atoms with Crippen LogP contribution in [0.25, 0.3) is 0 Å². The molecule has 3 fully saturated rings. The molecule has 3 heteroatoms. The molecule has 17 heavy (non-hydrogen) atoms. The van der Waals surface area contributed by atoms with Crippen LogP contribution < -0.4 is 0 Å². The summed E-state index contributed by atoms with van der Waals surface area (Å²) in [7, 11) is 0. The number of hydrogen-bond acceptors (Lipinski definition) is 3. The summed E-state index contributed by atoms with van der Waals surface area (Å²) in [5.74, 6) is 0.975. The lowest BCUT2D eigenvalue weighted by Gasteiger charge is -2.31. The Bertz CT molecular complexity index is 417. The predicted octanol–water partition coefficient (Wildman–Crippen LogP) is 1.78. The lowest BCUT2D eigenvalue weighted by atomic mass is 9.83. The highest BCUT2D eigenvalue weighted by atomic mass is 16.7. The summed E-state index contributed by atoms with van der Waals surface area (Å²) in [6, 6.07) is 0.